The van der Waals surface area contributed by atoms with Gasteiger partial charge in [0.2, 0.25) is 0 Å². The van der Waals surface area contributed by atoms with E-state index in [0.717, 1.165) is 11.1 Å². The van der Waals surface area contributed by atoms with E-state index >= 15 is 0 Å². The minimum Gasteiger partial charge on any atom is -0.805 e. The van der Waals surface area contributed by atoms with Crippen LogP contribution < -0.4 is 4.43 Å². The average Bonchev–Trinajstić information content (AvgIpc) is 2.53. The number of ketones is 1. The summed E-state index contributed by atoms with van der Waals surface area (Å²) in [6.45, 7) is 5.24. The van der Waals surface area contributed by atoms with Crippen molar-refractivity contribution < 1.29 is 9.22 Å². The second kappa shape index (κ2) is 5.35. The van der Waals surface area contributed by atoms with Crippen molar-refractivity contribution in [1.29, 1.82) is 0 Å². The predicted molar refractivity (Wildman–Crippen MR) is 88.2 cm³/mol. The molecule has 0 atom stereocenters. The van der Waals surface area contributed by atoms with E-state index < -0.39 is 5.78 Å². The van der Waals surface area contributed by atoms with Crippen molar-refractivity contribution in [3.63, 3.8) is 0 Å². The molecule has 0 radical (unpaired) electrons. The molecule has 3 aromatic rings. The van der Waals surface area contributed by atoms with Crippen LogP contribution in [0.2, 0.25) is 0 Å². The second-order valence-electron chi connectivity index (χ2n) is 5.66. The largest absolute Gasteiger partial charge is 0.805 e. The summed E-state index contributed by atoms with van der Waals surface area (Å²) < 4.78 is 1.20. The standard InChI is InChI=1S/C18H16N2O3/c1-11-8-9-14(12(2)10-11)18(21)17-13(3)19(22)15-6-4-5-7-16(15)20(17)23/h4-10H,1-3H3. The smallest absolute Gasteiger partial charge is 0.329 e. The molecule has 0 saturated carbocycles. The fourth-order valence-electron chi connectivity index (χ4n) is 2.80. The first-order chi connectivity index (χ1) is 10.9. The van der Waals surface area contributed by atoms with Crippen LogP contribution in [0.4, 0.5) is 0 Å². The minimum absolute atomic E-state index is 0.101. The van der Waals surface area contributed by atoms with Gasteiger partial charge < -0.3 is 9.94 Å². The molecule has 0 bridgehead atoms. The third-order valence-corrected chi connectivity index (χ3v) is 4.01. The van der Waals surface area contributed by atoms with Gasteiger partial charge in [0.1, 0.15) is 5.52 Å². The Morgan fingerprint density at radius 1 is 1.09 bits per heavy atom. The Balaban J connectivity index is 2.32. The first kappa shape index (κ1) is 15.0. The molecule has 23 heavy (non-hydrogen) atoms. The zero-order chi connectivity index (χ0) is 16.7. The summed E-state index contributed by atoms with van der Waals surface area (Å²) in [6, 6.07) is 11.8. The maximum atomic E-state index is 12.8. The Labute approximate surface area is 133 Å². The Bertz CT molecular complexity index is 1000. The fraction of sp³-hybridized carbons (Fsp3) is 0.167. The normalized spacial score (nSPS) is 10.9. The van der Waals surface area contributed by atoms with Crippen LogP contribution in [0.25, 0.3) is 11.0 Å². The van der Waals surface area contributed by atoms with E-state index in [-0.39, 0.29) is 22.4 Å². The fourth-order valence-corrected chi connectivity index (χ4v) is 2.80. The van der Waals surface area contributed by atoms with Gasteiger partial charge in [-0.1, -0.05) is 35.9 Å². The number of hydrogen-bond acceptors (Lipinski definition) is 3. The van der Waals surface area contributed by atoms with Crippen molar-refractivity contribution in [2.24, 2.45) is 0 Å². The molecule has 0 aliphatic carbocycles. The number of carbonyl (C=O) groups is 1. The number of nitrogens with zero attached hydrogens (tertiary/aromatic N) is 2. The van der Waals surface area contributed by atoms with E-state index in [1.54, 1.807) is 24.3 Å². The van der Waals surface area contributed by atoms with Gasteiger partial charge >= 0.3 is 5.69 Å². The van der Waals surface area contributed by atoms with Crippen LogP contribution >= 0.6 is 0 Å². The molecule has 0 fully saturated rings. The van der Waals surface area contributed by atoms with Gasteiger partial charge in [-0.05, 0) is 32.4 Å². The summed E-state index contributed by atoms with van der Waals surface area (Å²) in [5.74, 6) is -0.439. The van der Waals surface area contributed by atoms with E-state index in [1.807, 2.05) is 26.0 Å². The Morgan fingerprint density at radius 2 is 1.78 bits per heavy atom. The Kier molecular flexibility index (Phi) is 3.48. The average molecular weight is 308 g/mol. The molecule has 0 spiro atoms. The van der Waals surface area contributed by atoms with Crippen molar-refractivity contribution in [3.8, 4) is 0 Å². The highest BCUT2D eigenvalue weighted by Crippen LogP contribution is 2.19. The highest BCUT2D eigenvalue weighted by atomic mass is 16.5. The first-order valence-electron chi connectivity index (χ1n) is 7.28. The van der Waals surface area contributed by atoms with Gasteiger partial charge in [-0.3, -0.25) is 4.79 Å². The third-order valence-electron chi connectivity index (χ3n) is 4.01. The zero-order valence-electron chi connectivity index (χ0n) is 13.2. The molecule has 3 rings (SSSR count). The lowest BCUT2D eigenvalue weighted by atomic mass is 9.99. The van der Waals surface area contributed by atoms with Crippen molar-refractivity contribution >= 4 is 16.8 Å². The van der Waals surface area contributed by atoms with Crippen molar-refractivity contribution in [2.75, 3.05) is 0 Å². The number of aryl methyl sites for hydroxylation is 2. The van der Waals surface area contributed by atoms with Crippen molar-refractivity contribution in [2.45, 2.75) is 20.8 Å². The quantitative estimate of drug-likeness (QED) is 0.540. The van der Waals surface area contributed by atoms with Gasteiger partial charge in [0.05, 0.1) is 10.1 Å². The van der Waals surface area contributed by atoms with E-state index in [2.05, 4.69) is 0 Å². The van der Waals surface area contributed by atoms with Crippen LogP contribution in [0.5, 0.6) is 0 Å². The van der Waals surface area contributed by atoms with Crippen LogP contribution in [-0.4, -0.2) is 10.5 Å². The van der Waals surface area contributed by atoms with Crippen LogP contribution in [0.3, 0.4) is 0 Å². The third kappa shape index (κ3) is 2.30. The maximum Gasteiger partial charge on any atom is 0.329 e. The van der Waals surface area contributed by atoms with Crippen LogP contribution in [-0.2, 0) is 0 Å². The second-order valence-corrected chi connectivity index (χ2v) is 5.66. The maximum absolute atomic E-state index is 12.8. The Morgan fingerprint density at radius 3 is 2.48 bits per heavy atom. The molecule has 0 amide bonds. The Hall–Kier alpha value is -2.95. The molecule has 0 saturated heterocycles. The minimum atomic E-state index is -0.439. The van der Waals surface area contributed by atoms with Gasteiger partial charge in [-0.2, -0.15) is 0 Å². The summed E-state index contributed by atoms with van der Waals surface area (Å²) in [5, 5.41) is 12.4. The molecule has 0 unspecified atom stereocenters. The summed E-state index contributed by atoms with van der Waals surface area (Å²) in [7, 11) is 0. The zero-order valence-corrected chi connectivity index (χ0v) is 13.2. The highest BCUT2D eigenvalue weighted by molar-refractivity contribution is 6.08. The van der Waals surface area contributed by atoms with Gasteiger partial charge in [0.25, 0.3) is 11.3 Å². The monoisotopic (exact) mass is 308 g/mol. The molecule has 2 aromatic carbocycles. The summed E-state index contributed by atoms with van der Waals surface area (Å²) >= 11 is 0. The van der Waals surface area contributed by atoms with Crippen LogP contribution in [0, 0.1) is 30.9 Å². The predicted octanol–water partition coefficient (Wildman–Crippen LogP) is 3.06. The molecule has 0 aliphatic rings. The number of aromatic nitrogens is 2. The number of fused-ring (bicyclic) bond motifs is 1. The molecule has 116 valence electrons. The molecular formula is C18H16N2O3. The van der Waals surface area contributed by atoms with Gasteiger partial charge in [-0.15, -0.1) is 0 Å². The topological polar surface area (TPSA) is 68.0 Å². The van der Waals surface area contributed by atoms with Crippen molar-refractivity contribution in [1.82, 2.24) is 4.73 Å². The molecule has 5 nitrogen and oxygen atoms in total. The SMILES string of the molecule is Cc1ccc(C(=O)c2c(C)n([O-])c3ccccc3[n+]2=O)c(C)c1. The number of rotatable bonds is 2. The molecule has 1 heterocycles. The van der Waals surface area contributed by atoms with E-state index in [0.29, 0.717) is 14.7 Å². The molecule has 1 aromatic heterocycles. The summed E-state index contributed by atoms with van der Waals surface area (Å²) in [4.78, 5) is 25.5. The van der Waals surface area contributed by atoms with Crippen LogP contribution in [0.15, 0.2) is 42.5 Å². The summed E-state index contributed by atoms with van der Waals surface area (Å²) in [5.41, 5.74) is 2.63. The number of carbonyl (C=O) groups excluding carboxylic acids is 1. The van der Waals surface area contributed by atoms with E-state index in [4.69, 9.17) is 0 Å². The number of benzene rings is 2. The lowest BCUT2D eigenvalue weighted by Crippen LogP contribution is -2.31. The molecule has 0 aliphatic heterocycles. The van der Waals surface area contributed by atoms with E-state index in [9.17, 15) is 14.9 Å². The lowest BCUT2D eigenvalue weighted by Gasteiger charge is -2.16. The highest BCUT2D eigenvalue weighted by Gasteiger charge is 2.28. The summed E-state index contributed by atoms with van der Waals surface area (Å²) in [6.07, 6.45) is 0. The lowest BCUT2D eigenvalue weighted by molar-refractivity contribution is -0.468. The van der Waals surface area contributed by atoms with Crippen LogP contribution in [0.1, 0.15) is 32.9 Å². The van der Waals surface area contributed by atoms with Gasteiger partial charge in [0.15, 0.2) is 0 Å². The first-order valence-corrected chi connectivity index (χ1v) is 7.28. The van der Waals surface area contributed by atoms with E-state index in [1.165, 1.54) is 13.0 Å². The number of hydrogen-bond donors (Lipinski definition) is 0. The number of para-hydroxylation sites is 2. The van der Waals surface area contributed by atoms with Crippen molar-refractivity contribution in [3.05, 3.63) is 80.7 Å². The molecular weight excluding hydrogens is 292 g/mol. The molecule has 0 N–H and O–H groups in total. The van der Waals surface area contributed by atoms with Gasteiger partial charge in [-0.25, -0.2) is 0 Å². The molecule has 5 heteroatoms. The van der Waals surface area contributed by atoms with Gasteiger partial charge in [0, 0.05) is 16.5 Å².